The Hall–Kier alpha value is -0.870. The number of hydrogen-bond acceptors (Lipinski definition) is 3. The van der Waals surface area contributed by atoms with E-state index in [0.29, 0.717) is 13.2 Å². The minimum atomic E-state index is -0.350. The summed E-state index contributed by atoms with van der Waals surface area (Å²) in [6.07, 6.45) is 2.80. The Morgan fingerprint density at radius 2 is 2.53 bits per heavy atom. The third-order valence-electron chi connectivity index (χ3n) is 2.43. The van der Waals surface area contributed by atoms with Gasteiger partial charge < -0.3 is 15.4 Å². The number of carbonyl (C=O) groups excluding carboxylic acids is 1. The molecule has 86 valence electrons. The molecule has 0 aromatic rings. The fourth-order valence-electron chi connectivity index (χ4n) is 1.50. The first-order valence-corrected chi connectivity index (χ1v) is 5.52. The molecule has 4 nitrogen and oxygen atoms in total. The molecule has 1 unspecified atom stereocenters. The van der Waals surface area contributed by atoms with Gasteiger partial charge in [0.25, 0.3) is 0 Å². The van der Waals surface area contributed by atoms with E-state index in [-0.39, 0.29) is 12.0 Å². The number of amides is 1. The Morgan fingerprint density at radius 1 is 1.73 bits per heavy atom. The molecule has 0 saturated carbocycles. The fraction of sp³-hybridized carbons (Fsp3) is 0.727. The molecule has 0 radical (unpaired) electrons. The SMILES string of the molecule is CCOC(C)C(=O)NCC1=CCNCC1. The maximum absolute atomic E-state index is 11.5. The van der Waals surface area contributed by atoms with Gasteiger partial charge in [0.2, 0.25) is 5.91 Å². The number of rotatable bonds is 5. The number of carbonyl (C=O) groups is 1. The first kappa shape index (κ1) is 12.2. The second-order valence-electron chi connectivity index (χ2n) is 3.63. The van der Waals surface area contributed by atoms with Gasteiger partial charge >= 0.3 is 0 Å². The highest BCUT2D eigenvalue weighted by Crippen LogP contribution is 2.02. The standard InChI is InChI=1S/C11H20N2O2/c1-3-15-9(2)11(14)13-8-10-4-6-12-7-5-10/h4,9,12H,3,5-8H2,1-2H3,(H,13,14). The molecule has 0 fully saturated rings. The summed E-state index contributed by atoms with van der Waals surface area (Å²) in [7, 11) is 0. The fourth-order valence-corrected chi connectivity index (χ4v) is 1.50. The normalized spacial score (nSPS) is 18.1. The van der Waals surface area contributed by atoms with Crippen LogP contribution < -0.4 is 10.6 Å². The number of nitrogens with one attached hydrogen (secondary N) is 2. The van der Waals surface area contributed by atoms with Crippen LogP contribution >= 0.6 is 0 Å². The summed E-state index contributed by atoms with van der Waals surface area (Å²) in [4.78, 5) is 11.5. The van der Waals surface area contributed by atoms with Gasteiger partial charge in [-0.05, 0) is 26.8 Å². The van der Waals surface area contributed by atoms with Gasteiger partial charge in [-0.2, -0.15) is 0 Å². The summed E-state index contributed by atoms with van der Waals surface area (Å²) in [5.41, 5.74) is 1.30. The molecular formula is C11H20N2O2. The van der Waals surface area contributed by atoms with Crippen molar-refractivity contribution in [3.05, 3.63) is 11.6 Å². The predicted molar refractivity (Wildman–Crippen MR) is 59.7 cm³/mol. The zero-order chi connectivity index (χ0) is 11.1. The molecule has 1 aliphatic heterocycles. The Labute approximate surface area is 91.1 Å². The molecule has 4 heteroatoms. The molecule has 15 heavy (non-hydrogen) atoms. The highest BCUT2D eigenvalue weighted by molar-refractivity contribution is 5.80. The number of hydrogen-bond donors (Lipinski definition) is 2. The molecule has 0 saturated heterocycles. The van der Waals surface area contributed by atoms with Crippen LogP contribution in [0.4, 0.5) is 0 Å². The zero-order valence-corrected chi connectivity index (χ0v) is 9.51. The van der Waals surface area contributed by atoms with Crippen LogP contribution in [0.5, 0.6) is 0 Å². The Morgan fingerprint density at radius 3 is 3.13 bits per heavy atom. The largest absolute Gasteiger partial charge is 0.369 e. The van der Waals surface area contributed by atoms with Crippen LogP contribution in [0.25, 0.3) is 0 Å². The molecular weight excluding hydrogens is 192 g/mol. The summed E-state index contributed by atoms with van der Waals surface area (Å²) in [5, 5.41) is 6.11. The molecule has 0 spiro atoms. The quantitative estimate of drug-likeness (QED) is 0.650. The lowest BCUT2D eigenvalue weighted by molar-refractivity contribution is -0.131. The molecule has 0 bridgehead atoms. The lowest BCUT2D eigenvalue weighted by Gasteiger charge is -2.16. The highest BCUT2D eigenvalue weighted by Gasteiger charge is 2.12. The molecule has 2 N–H and O–H groups in total. The van der Waals surface area contributed by atoms with Crippen LogP contribution in [0.2, 0.25) is 0 Å². The van der Waals surface area contributed by atoms with Crippen LogP contribution in [0.15, 0.2) is 11.6 Å². The van der Waals surface area contributed by atoms with Crippen molar-refractivity contribution < 1.29 is 9.53 Å². The third-order valence-corrected chi connectivity index (χ3v) is 2.43. The summed E-state index contributed by atoms with van der Waals surface area (Å²) in [5.74, 6) is -0.0312. The molecule has 0 aliphatic carbocycles. The lowest BCUT2D eigenvalue weighted by Crippen LogP contribution is -2.36. The summed E-state index contributed by atoms with van der Waals surface area (Å²) in [6.45, 7) is 6.79. The molecule has 1 aliphatic rings. The van der Waals surface area contributed by atoms with E-state index in [2.05, 4.69) is 16.7 Å². The molecule has 0 aromatic heterocycles. The van der Waals surface area contributed by atoms with Gasteiger partial charge in [-0.15, -0.1) is 0 Å². The molecule has 1 atom stereocenters. The van der Waals surface area contributed by atoms with E-state index in [1.54, 1.807) is 6.92 Å². The van der Waals surface area contributed by atoms with Gasteiger partial charge in [0.1, 0.15) is 6.10 Å². The van der Waals surface area contributed by atoms with Crippen molar-refractivity contribution in [2.24, 2.45) is 0 Å². The van der Waals surface area contributed by atoms with Gasteiger partial charge in [0, 0.05) is 19.7 Å². The van der Waals surface area contributed by atoms with Crippen molar-refractivity contribution in [2.45, 2.75) is 26.4 Å². The first-order chi connectivity index (χ1) is 7.24. The average Bonchev–Trinajstić information content (AvgIpc) is 2.27. The van der Waals surface area contributed by atoms with Crippen molar-refractivity contribution in [2.75, 3.05) is 26.2 Å². The van der Waals surface area contributed by atoms with Gasteiger partial charge in [0.15, 0.2) is 0 Å². The van der Waals surface area contributed by atoms with Crippen LogP contribution in [-0.2, 0) is 9.53 Å². The monoisotopic (exact) mass is 212 g/mol. The van der Waals surface area contributed by atoms with E-state index in [9.17, 15) is 4.79 Å². The second kappa shape index (κ2) is 6.58. The second-order valence-corrected chi connectivity index (χ2v) is 3.63. The Bertz CT molecular complexity index is 239. The van der Waals surface area contributed by atoms with Crippen molar-refractivity contribution in [1.82, 2.24) is 10.6 Å². The molecule has 1 amide bonds. The van der Waals surface area contributed by atoms with Gasteiger partial charge in [-0.1, -0.05) is 11.6 Å². The van der Waals surface area contributed by atoms with E-state index < -0.39 is 0 Å². The van der Waals surface area contributed by atoms with E-state index in [4.69, 9.17) is 4.74 Å². The third kappa shape index (κ3) is 4.44. The Balaban J connectivity index is 2.23. The van der Waals surface area contributed by atoms with Crippen molar-refractivity contribution >= 4 is 5.91 Å². The highest BCUT2D eigenvalue weighted by atomic mass is 16.5. The van der Waals surface area contributed by atoms with Gasteiger partial charge in [-0.3, -0.25) is 4.79 Å². The smallest absolute Gasteiger partial charge is 0.249 e. The van der Waals surface area contributed by atoms with E-state index in [1.807, 2.05) is 6.92 Å². The molecule has 1 rings (SSSR count). The minimum absolute atomic E-state index is 0.0312. The minimum Gasteiger partial charge on any atom is -0.369 e. The van der Waals surface area contributed by atoms with Crippen LogP contribution in [-0.4, -0.2) is 38.3 Å². The van der Waals surface area contributed by atoms with E-state index in [0.717, 1.165) is 19.5 Å². The van der Waals surface area contributed by atoms with Crippen LogP contribution in [0.1, 0.15) is 20.3 Å². The van der Waals surface area contributed by atoms with Gasteiger partial charge in [-0.25, -0.2) is 0 Å². The summed E-state index contributed by atoms with van der Waals surface area (Å²) in [6, 6.07) is 0. The van der Waals surface area contributed by atoms with E-state index >= 15 is 0 Å². The zero-order valence-electron chi connectivity index (χ0n) is 9.51. The van der Waals surface area contributed by atoms with Gasteiger partial charge in [0.05, 0.1) is 0 Å². The average molecular weight is 212 g/mol. The summed E-state index contributed by atoms with van der Waals surface area (Å²) >= 11 is 0. The first-order valence-electron chi connectivity index (χ1n) is 5.52. The maximum atomic E-state index is 11.5. The van der Waals surface area contributed by atoms with Crippen molar-refractivity contribution in [3.63, 3.8) is 0 Å². The lowest BCUT2D eigenvalue weighted by atomic mass is 10.1. The van der Waals surface area contributed by atoms with Crippen LogP contribution in [0.3, 0.4) is 0 Å². The van der Waals surface area contributed by atoms with E-state index in [1.165, 1.54) is 5.57 Å². The van der Waals surface area contributed by atoms with Crippen LogP contribution in [0, 0.1) is 0 Å². The van der Waals surface area contributed by atoms with Crippen molar-refractivity contribution in [3.8, 4) is 0 Å². The topological polar surface area (TPSA) is 50.4 Å². The predicted octanol–water partition coefficient (Wildman–Crippen LogP) is 0.447. The molecule has 0 aromatic carbocycles. The van der Waals surface area contributed by atoms with Crippen molar-refractivity contribution in [1.29, 1.82) is 0 Å². The summed E-state index contributed by atoms with van der Waals surface area (Å²) < 4.78 is 5.20. The Kier molecular flexibility index (Phi) is 5.36. The maximum Gasteiger partial charge on any atom is 0.249 e. The molecule has 1 heterocycles. The number of ether oxygens (including phenoxy) is 1.